The highest BCUT2D eigenvalue weighted by Gasteiger charge is 2.15. The third-order valence-corrected chi connectivity index (χ3v) is 3.35. The monoisotopic (exact) mass is 276 g/mol. The Labute approximate surface area is 120 Å². The van der Waals surface area contributed by atoms with Crippen LogP contribution in [0.2, 0.25) is 0 Å². The number of aromatic amines is 1. The molecule has 0 unspecified atom stereocenters. The first-order chi connectivity index (χ1) is 9.80. The first-order valence-electron chi connectivity index (χ1n) is 7.44. The van der Waals surface area contributed by atoms with E-state index in [0.29, 0.717) is 5.95 Å². The second-order valence-electron chi connectivity index (χ2n) is 4.92. The Hall–Kier alpha value is -1.85. The molecule has 0 aliphatic rings. The fourth-order valence-electron chi connectivity index (χ4n) is 2.18. The number of nitrogens with zero attached hydrogens (tertiary/aromatic N) is 4. The van der Waals surface area contributed by atoms with Crippen LogP contribution in [0.4, 0.5) is 11.8 Å². The molecule has 2 aromatic heterocycles. The second-order valence-corrected chi connectivity index (χ2v) is 4.92. The molecular formula is C14H24N6. The number of hydrogen-bond donors (Lipinski definition) is 2. The number of H-pyrrole nitrogens is 1. The Morgan fingerprint density at radius 1 is 1.15 bits per heavy atom. The zero-order valence-electron chi connectivity index (χ0n) is 12.6. The van der Waals surface area contributed by atoms with Crippen molar-refractivity contribution in [1.29, 1.82) is 0 Å². The van der Waals surface area contributed by atoms with Crippen molar-refractivity contribution >= 4 is 22.9 Å². The van der Waals surface area contributed by atoms with Gasteiger partial charge in [-0.1, -0.05) is 26.7 Å². The van der Waals surface area contributed by atoms with Crippen LogP contribution in [0.3, 0.4) is 0 Å². The highest BCUT2D eigenvalue weighted by atomic mass is 15.2. The molecule has 2 aromatic rings. The zero-order chi connectivity index (χ0) is 14.4. The van der Waals surface area contributed by atoms with Crippen LogP contribution in [0.25, 0.3) is 11.2 Å². The number of hydrogen-bond acceptors (Lipinski definition) is 5. The van der Waals surface area contributed by atoms with Gasteiger partial charge in [0, 0.05) is 20.1 Å². The molecule has 0 saturated carbocycles. The molecule has 2 N–H and O–H groups in total. The molecule has 0 radical (unpaired) electrons. The smallest absolute Gasteiger partial charge is 0.226 e. The number of unbranched alkanes of at least 4 members (excludes halogenated alkanes) is 2. The molecule has 6 nitrogen and oxygen atoms in total. The largest absolute Gasteiger partial charge is 0.357 e. The maximum atomic E-state index is 4.63. The minimum absolute atomic E-state index is 0.623. The fourth-order valence-corrected chi connectivity index (χ4v) is 2.18. The van der Waals surface area contributed by atoms with Crippen molar-refractivity contribution in [2.75, 3.05) is 30.4 Å². The van der Waals surface area contributed by atoms with Crippen molar-refractivity contribution in [1.82, 2.24) is 19.9 Å². The molecule has 0 aliphatic carbocycles. The number of anilines is 2. The van der Waals surface area contributed by atoms with Gasteiger partial charge in [-0.2, -0.15) is 9.97 Å². The molecule has 0 aliphatic heterocycles. The van der Waals surface area contributed by atoms with Gasteiger partial charge in [0.05, 0.1) is 6.33 Å². The van der Waals surface area contributed by atoms with E-state index >= 15 is 0 Å². The minimum Gasteiger partial charge on any atom is -0.357 e. The lowest BCUT2D eigenvalue weighted by Gasteiger charge is -2.24. The van der Waals surface area contributed by atoms with E-state index in [2.05, 4.69) is 44.0 Å². The van der Waals surface area contributed by atoms with Crippen LogP contribution >= 0.6 is 0 Å². The van der Waals surface area contributed by atoms with Crippen LogP contribution < -0.4 is 10.2 Å². The van der Waals surface area contributed by atoms with E-state index in [-0.39, 0.29) is 0 Å². The Morgan fingerprint density at radius 3 is 2.45 bits per heavy atom. The SMILES string of the molecule is CCCCN(CCCC)c1nc(NC)nc2nc[nH]c12. The molecule has 0 spiro atoms. The Bertz CT molecular complexity index is 527. The Balaban J connectivity index is 2.36. The number of nitrogens with one attached hydrogen (secondary N) is 2. The normalized spacial score (nSPS) is 10.9. The van der Waals surface area contributed by atoms with Gasteiger partial charge in [0.1, 0.15) is 5.52 Å². The second kappa shape index (κ2) is 7.07. The van der Waals surface area contributed by atoms with E-state index in [0.717, 1.165) is 42.9 Å². The molecule has 2 rings (SSSR count). The summed E-state index contributed by atoms with van der Waals surface area (Å²) in [6.45, 7) is 6.46. The average molecular weight is 276 g/mol. The van der Waals surface area contributed by atoms with Gasteiger partial charge in [-0.25, -0.2) is 4.98 Å². The minimum atomic E-state index is 0.623. The van der Waals surface area contributed by atoms with Gasteiger partial charge < -0.3 is 15.2 Å². The lowest BCUT2D eigenvalue weighted by atomic mass is 10.2. The molecule has 6 heteroatoms. The van der Waals surface area contributed by atoms with Gasteiger partial charge >= 0.3 is 0 Å². The number of aromatic nitrogens is 4. The Morgan fingerprint density at radius 2 is 1.85 bits per heavy atom. The van der Waals surface area contributed by atoms with Crippen molar-refractivity contribution in [3.05, 3.63) is 6.33 Å². The fraction of sp³-hybridized carbons (Fsp3) is 0.643. The number of fused-ring (bicyclic) bond motifs is 1. The van der Waals surface area contributed by atoms with Crippen molar-refractivity contribution < 1.29 is 0 Å². The Kier molecular flexibility index (Phi) is 5.15. The van der Waals surface area contributed by atoms with Crippen LogP contribution in [0.5, 0.6) is 0 Å². The predicted octanol–water partition coefficient (Wildman–Crippen LogP) is 2.80. The summed E-state index contributed by atoms with van der Waals surface area (Å²) < 4.78 is 0. The van der Waals surface area contributed by atoms with Crippen LogP contribution in [-0.4, -0.2) is 40.1 Å². The molecule has 0 aromatic carbocycles. The number of imidazole rings is 1. The molecule has 2 heterocycles. The zero-order valence-corrected chi connectivity index (χ0v) is 12.6. The predicted molar refractivity (Wildman–Crippen MR) is 83.3 cm³/mol. The van der Waals surface area contributed by atoms with Crippen molar-refractivity contribution in [2.24, 2.45) is 0 Å². The molecule has 110 valence electrons. The molecular weight excluding hydrogens is 252 g/mol. The molecule has 0 fully saturated rings. The first kappa shape index (κ1) is 14.6. The van der Waals surface area contributed by atoms with Crippen LogP contribution in [0.1, 0.15) is 39.5 Å². The van der Waals surface area contributed by atoms with Gasteiger partial charge in [0.2, 0.25) is 5.95 Å². The lowest BCUT2D eigenvalue weighted by molar-refractivity contribution is 0.672. The highest BCUT2D eigenvalue weighted by molar-refractivity contribution is 5.84. The maximum absolute atomic E-state index is 4.63. The van der Waals surface area contributed by atoms with Crippen molar-refractivity contribution in [3.8, 4) is 0 Å². The standard InChI is InChI=1S/C14H24N6/c1-4-6-8-20(9-7-5-2)13-11-12(17-10-16-11)18-14(15-3)19-13/h10H,4-9H2,1-3H3,(H2,15,16,17,18,19). The summed E-state index contributed by atoms with van der Waals surface area (Å²) in [7, 11) is 1.83. The first-order valence-corrected chi connectivity index (χ1v) is 7.44. The molecule has 0 atom stereocenters. The topological polar surface area (TPSA) is 69.7 Å². The highest BCUT2D eigenvalue weighted by Crippen LogP contribution is 2.23. The molecule has 0 bridgehead atoms. The summed E-state index contributed by atoms with van der Waals surface area (Å²) in [6.07, 6.45) is 6.37. The van der Waals surface area contributed by atoms with Gasteiger partial charge in [-0.05, 0) is 12.8 Å². The van der Waals surface area contributed by atoms with E-state index in [9.17, 15) is 0 Å². The van der Waals surface area contributed by atoms with E-state index < -0.39 is 0 Å². The van der Waals surface area contributed by atoms with E-state index in [4.69, 9.17) is 0 Å². The molecule has 0 saturated heterocycles. The summed E-state index contributed by atoms with van der Waals surface area (Å²) in [4.78, 5) is 18.8. The summed E-state index contributed by atoms with van der Waals surface area (Å²) in [5.41, 5.74) is 1.65. The lowest BCUT2D eigenvalue weighted by Crippen LogP contribution is -2.27. The average Bonchev–Trinajstić information content (AvgIpc) is 2.95. The van der Waals surface area contributed by atoms with Gasteiger partial charge in [0.25, 0.3) is 0 Å². The summed E-state index contributed by atoms with van der Waals surface area (Å²) >= 11 is 0. The van der Waals surface area contributed by atoms with Crippen LogP contribution in [0, 0.1) is 0 Å². The molecule has 0 amide bonds. The van der Waals surface area contributed by atoms with E-state index in [1.54, 1.807) is 6.33 Å². The van der Waals surface area contributed by atoms with Gasteiger partial charge in [-0.3, -0.25) is 0 Å². The summed E-state index contributed by atoms with van der Waals surface area (Å²) in [5.74, 6) is 1.58. The summed E-state index contributed by atoms with van der Waals surface area (Å²) in [5, 5.41) is 3.01. The van der Waals surface area contributed by atoms with Gasteiger partial charge in [0.15, 0.2) is 11.5 Å². The van der Waals surface area contributed by atoms with Crippen LogP contribution in [-0.2, 0) is 0 Å². The van der Waals surface area contributed by atoms with E-state index in [1.165, 1.54) is 12.8 Å². The quantitative estimate of drug-likeness (QED) is 0.776. The third-order valence-electron chi connectivity index (χ3n) is 3.35. The third kappa shape index (κ3) is 3.18. The van der Waals surface area contributed by atoms with E-state index in [1.807, 2.05) is 7.05 Å². The maximum Gasteiger partial charge on any atom is 0.226 e. The van der Waals surface area contributed by atoms with Crippen molar-refractivity contribution in [3.63, 3.8) is 0 Å². The number of rotatable bonds is 8. The van der Waals surface area contributed by atoms with Crippen LogP contribution in [0.15, 0.2) is 6.33 Å². The summed E-state index contributed by atoms with van der Waals surface area (Å²) in [6, 6.07) is 0. The van der Waals surface area contributed by atoms with Gasteiger partial charge in [-0.15, -0.1) is 0 Å². The van der Waals surface area contributed by atoms with Crippen molar-refractivity contribution in [2.45, 2.75) is 39.5 Å². The molecule has 20 heavy (non-hydrogen) atoms.